The summed E-state index contributed by atoms with van der Waals surface area (Å²) in [6, 6.07) is 4.89. The fourth-order valence-corrected chi connectivity index (χ4v) is 1.97. The van der Waals surface area contributed by atoms with E-state index in [-0.39, 0.29) is 18.2 Å². The summed E-state index contributed by atoms with van der Waals surface area (Å²) >= 11 is 0. The Labute approximate surface area is 133 Å². The van der Waals surface area contributed by atoms with Gasteiger partial charge in [-0.2, -0.15) is 0 Å². The molecule has 0 saturated heterocycles. The van der Waals surface area contributed by atoms with Gasteiger partial charge in [0.1, 0.15) is 5.75 Å². The minimum Gasteiger partial charge on any atom is -0.406 e. The van der Waals surface area contributed by atoms with Crippen molar-refractivity contribution in [2.24, 2.45) is 0 Å². The van der Waals surface area contributed by atoms with Gasteiger partial charge in [-0.05, 0) is 44.7 Å². The molecule has 130 valence electrons. The number of aliphatic hydroxyl groups is 1. The average Bonchev–Trinajstić information content (AvgIpc) is 2.37. The Bertz CT molecular complexity index is 510. The first-order chi connectivity index (χ1) is 10.5. The zero-order chi connectivity index (χ0) is 17.7. The van der Waals surface area contributed by atoms with Crippen LogP contribution in [0.3, 0.4) is 0 Å². The smallest absolute Gasteiger partial charge is 0.406 e. The Morgan fingerprint density at radius 2 is 1.83 bits per heavy atom. The number of carbonyl (C=O) groups excluding carboxylic acids is 1. The molecule has 1 aromatic rings. The molecule has 0 saturated carbocycles. The first kappa shape index (κ1) is 19.2. The summed E-state index contributed by atoms with van der Waals surface area (Å²) in [6.07, 6.45) is -4.75. The molecule has 0 fully saturated rings. The highest BCUT2D eigenvalue weighted by Gasteiger charge is 2.31. The number of ether oxygens (including phenoxy) is 1. The molecule has 0 spiro atoms. The number of amides is 1. The van der Waals surface area contributed by atoms with Gasteiger partial charge in [-0.15, -0.1) is 13.2 Å². The standard InChI is InChI=1S/C15H21F3N2O3/c1-4-20(10-14(2,3)22)9-13(21)19-11-5-7-12(8-6-11)23-15(16,17)18/h5-8,22H,4,9-10H2,1-3H3,(H,19,21). The lowest BCUT2D eigenvalue weighted by Gasteiger charge is -2.27. The molecule has 5 nitrogen and oxygen atoms in total. The molecule has 0 heterocycles. The van der Waals surface area contributed by atoms with Crippen LogP contribution >= 0.6 is 0 Å². The molecule has 0 bridgehead atoms. The Morgan fingerprint density at radius 1 is 1.26 bits per heavy atom. The molecule has 1 aromatic carbocycles. The van der Waals surface area contributed by atoms with Crippen molar-refractivity contribution in [3.05, 3.63) is 24.3 Å². The first-order valence-electron chi connectivity index (χ1n) is 7.09. The van der Waals surface area contributed by atoms with E-state index in [0.717, 1.165) is 12.1 Å². The van der Waals surface area contributed by atoms with Crippen LogP contribution in [0.15, 0.2) is 24.3 Å². The van der Waals surface area contributed by atoms with Crippen molar-refractivity contribution in [2.75, 3.05) is 25.0 Å². The van der Waals surface area contributed by atoms with Gasteiger partial charge in [0.2, 0.25) is 5.91 Å². The summed E-state index contributed by atoms with van der Waals surface area (Å²) < 4.78 is 39.9. The predicted octanol–water partition coefficient (Wildman–Crippen LogP) is 2.62. The van der Waals surface area contributed by atoms with Gasteiger partial charge in [-0.1, -0.05) is 6.92 Å². The maximum atomic E-state index is 12.1. The SMILES string of the molecule is CCN(CC(=O)Nc1ccc(OC(F)(F)F)cc1)CC(C)(C)O. The summed E-state index contributed by atoms with van der Waals surface area (Å²) in [5.74, 6) is -0.673. The molecule has 23 heavy (non-hydrogen) atoms. The Morgan fingerprint density at radius 3 is 2.26 bits per heavy atom. The fraction of sp³-hybridized carbons (Fsp3) is 0.533. The van der Waals surface area contributed by atoms with Gasteiger partial charge in [0.05, 0.1) is 12.1 Å². The van der Waals surface area contributed by atoms with E-state index < -0.39 is 12.0 Å². The minimum atomic E-state index is -4.75. The van der Waals surface area contributed by atoms with Gasteiger partial charge in [-0.25, -0.2) is 0 Å². The van der Waals surface area contributed by atoms with Crippen LogP contribution in [0.2, 0.25) is 0 Å². The van der Waals surface area contributed by atoms with Crippen molar-refractivity contribution in [3.8, 4) is 5.75 Å². The molecule has 0 radical (unpaired) electrons. The van der Waals surface area contributed by atoms with Crippen molar-refractivity contribution in [1.82, 2.24) is 4.90 Å². The number of nitrogens with zero attached hydrogens (tertiary/aromatic N) is 1. The first-order valence-corrected chi connectivity index (χ1v) is 7.09. The number of halogens is 3. The van der Waals surface area contributed by atoms with Crippen LogP contribution in [-0.4, -0.2) is 47.5 Å². The second kappa shape index (κ2) is 7.65. The van der Waals surface area contributed by atoms with Crippen molar-refractivity contribution in [2.45, 2.75) is 32.7 Å². The van der Waals surface area contributed by atoms with Crippen LogP contribution in [0.25, 0.3) is 0 Å². The number of alkyl halides is 3. The van der Waals surface area contributed by atoms with Crippen LogP contribution in [0, 0.1) is 0 Å². The molecule has 1 amide bonds. The molecule has 2 N–H and O–H groups in total. The van der Waals surface area contributed by atoms with Crippen molar-refractivity contribution in [3.63, 3.8) is 0 Å². The Kier molecular flexibility index (Phi) is 6.40. The van der Waals surface area contributed by atoms with Crippen LogP contribution in [0.1, 0.15) is 20.8 Å². The third kappa shape index (κ3) is 8.41. The number of anilines is 1. The third-order valence-corrected chi connectivity index (χ3v) is 2.80. The number of hydrogen-bond donors (Lipinski definition) is 2. The van der Waals surface area contributed by atoms with Crippen LogP contribution in [0.5, 0.6) is 5.75 Å². The predicted molar refractivity (Wildman–Crippen MR) is 80.2 cm³/mol. The van der Waals surface area contributed by atoms with E-state index in [2.05, 4.69) is 10.1 Å². The molecule has 0 aliphatic heterocycles. The average molecular weight is 334 g/mol. The fourth-order valence-electron chi connectivity index (χ4n) is 1.97. The summed E-state index contributed by atoms with van der Waals surface area (Å²) in [5.41, 5.74) is -0.559. The second-order valence-electron chi connectivity index (χ2n) is 5.74. The highest BCUT2D eigenvalue weighted by atomic mass is 19.4. The van der Waals surface area contributed by atoms with Gasteiger partial charge in [0, 0.05) is 12.2 Å². The molecule has 0 aromatic heterocycles. The normalized spacial score (nSPS) is 12.3. The zero-order valence-corrected chi connectivity index (χ0v) is 13.3. The van der Waals surface area contributed by atoms with Gasteiger partial charge in [-0.3, -0.25) is 9.69 Å². The maximum absolute atomic E-state index is 12.1. The molecule has 0 unspecified atom stereocenters. The van der Waals surface area contributed by atoms with E-state index in [9.17, 15) is 23.1 Å². The van der Waals surface area contributed by atoms with Crippen molar-refractivity contribution < 1.29 is 27.8 Å². The molecule has 8 heteroatoms. The van der Waals surface area contributed by atoms with Crippen molar-refractivity contribution >= 4 is 11.6 Å². The highest BCUT2D eigenvalue weighted by molar-refractivity contribution is 5.92. The molecular formula is C15H21F3N2O3. The van der Waals surface area contributed by atoms with Gasteiger partial charge in [0.15, 0.2) is 0 Å². The lowest BCUT2D eigenvalue weighted by atomic mass is 10.1. The molecule has 0 aliphatic rings. The molecule has 1 rings (SSSR count). The van der Waals surface area contributed by atoms with Gasteiger partial charge in [0.25, 0.3) is 0 Å². The number of hydrogen-bond acceptors (Lipinski definition) is 4. The van der Waals surface area contributed by atoms with Gasteiger partial charge < -0.3 is 15.2 Å². The van der Waals surface area contributed by atoms with E-state index in [1.165, 1.54) is 12.1 Å². The monoisotopic (exact) mass is 334 g/mol. The topological polar surface area (TPSA) is 61.8 Å². The highest BCUT2D eigenvalue weighted by Crippen LogP contribution is 2.23. The van der Waals surface area contributed by atoms with Crippen LogP contribution in [0.4, 0.5) is 18.9 Å². The van der Waals surface area contributed by atoms with E-state index in [0.29, 0.717) is 18.8 Å². The molecule has 0 atom stereocenters. The second-order valence-corrected chi connectivity index (χ2v) is 5.74. The number of nitrogens with one attached hydrogen (secondary N) is 1. The maximum Gasteiger partial charge on any atom is 0.573 e. The summed E-state index contributed by atoms with van der Waals surface area (Å²) in [4.78, 5) is 13.7. The Balaban J connectivity index is 2.57. The van der Waals surface area contributed by atoms with Crippen LogP contribution in [-0.2, 0) is 4.79 Å². The minimum absolute atomic E-state index is 0.0707. The largest absolute Gasteiger partial charge is 0.573 e. The van der Waals surface area contributed by atoms with E-state index >= 15 is 0 Å². The van der Waals surface area contributed by atoms with E-state index in [4.69, 9.17) is 0 Å². The lowest BCUT2D eigenvalue weighted by Crippen LogP contribution is -2.42. The van der Waals surface area contributed by atoms with Gasteiger partial charge >= 0.3 is 6.36 Å². The summed E-state index contributed by atoms with van der Waals surface area (Å²) in [7, 11) is 0. The Hall–Kier alpha value is -1.80. The molecular weight excluding hydrogens is 313 g/mol. The summed E-state index contributed by atoms with van der Waals surface area (Å²) in [6.45, 7) is 6.13. The quantitative estimate of drug-likeness (QED) is 0.805. The van der Waals surface area contributed by atoms with Crippen molar-refractivity contribution in [1.29, 1.82) is 0 Å². The van der Waals surface area contributed by atoms with Crippen LogP contribution < -0.4 is 10.1 Å². The van der Waals surface area contributed by atoms with E-state index in [1.54, 1.807) is 18.7 Å². The summed E-state index contributed by atoms with van der Waals surface area (Å²) in [5, 5.41) is 12.3. The number of carbonyl (C=O) groups is 1. The number of likely N-dealkylation sites (N-methyl/N-ethyl adjacent to an activating group) is 1. The zero-order valence-electron chi connectivity index (χ0n) is 13.3. The number of rotatable bonds is 7. The van der Waals surface area contributed by atoms with E-state index in [1.807, 2.05) is 6.92 Å². The lowest BCUT2D eigenvalue weighted by molar-refractivity contribution is -0.274. The molecule has 0 aliphatic carbocycles. The third-order valence-electron chi connectivity index (χ3n) is 2.80. The number of benzene rings is 1.